The molecule has 0 aromatic carbocycles. The lowest BCUT2D eigenvalue weighted by Gasteiger charge is -2.19. The normalized spacial score (nSPS) is 11.1. The van der Waals surface area contributed by atoms with E-state index in [9.17, 15) is 4.79 Å². The molecular weight excluding hydrogens is 254 g/mol. The van der Waals surface area contributed by atoms with Gasteiger partial charge in [0.15, 0.2) is 0 Å². The van der Waals surface area contributed by atoms with E-state index in [-0.39, 0.29) is 11.3 Å². The molecule has 6 nitrogen and oxygen atoms in total. The highest BCUT2D eigenvalue weighted by atomic mass is 16.2. The Kier molecular flexibility index (Phi) is 5.30. The zero-order chi connectivity index (χ0) is 15.3. The Bertz CT molecular complexity index is 465. The van der Waals surface area contributed by atoms with Gasteiger partial charge < -0.3 is 15.5 Å². The first-order valence-corrected chi connectivity index (χ1v) is 6.75. The zero-order valence-corrected chi connectivity index (χ0v) is 13.2. The lowest BCUT2D eigenvalue weighted by atomic mass is 9.96. The maximum absolute atomic E-state index is 11.5. The monoisotopic (exact) mass is 279 g/mol. The third-order valence-electron chi connectivity index (χ3n) is 2.80. The molecule has 0 spiro atoms. The molecule has 1 heterocycles. The summed E-state index contributed by atoms with van der Waals surface area (Å²) in [7, 11) is 5.34. The van der Waals surface area contributed by atoms with Crippen LogP contribution in [0.2, 0.25) is 0 Å². The van der Waals surface area contributed by atoms with Crippen LogP contribution in [-0.2, 0) is 10.2 Å². The van der Waals surface area contributed by atoms with Crippen LogP contribution in [0.25, 0.3) is 0 Å². The number of amides is 1. The third-order valence-corrected chi connectivity index (χ3v) is 2.80. The minimum atomic E-state index is -0.122. The second kappa shape index (κ2) is 6.54. The number of hydrogen-bond acceptors (Lipinski definition) is 5. The van der Waals surface area contributed by atoms with Gasteiger partial charge in [-0.05, 0) is 0 Å². The molecule has 112 valence electrons. The molecule has 0 saturated heterocycles. The first-order chi connectivity index (χ1) is 9.24. The highest BCUT2D eigenvalue weighted by Gasteiger charge is 2.19. The number of nitrogens with zero attached hydrogens (tertiary/aromatic N) is 3. The van der Waals surface area contributed by atoms with Crippen molar-refractivity contribution in [1.29, 1.82) is 0 Å². The maximum atomic E-state index is 11.5. The van der Waals surface area contributed by atoms with Crippen LogP contribution in [0.4, 0.5) is 11.6 Å². The summed E-state index contributed by atoms with van der Waals surface area (Å²) in [5.41, 5.74) is -0.122. The fourth-order valence-electron chi connectivity index (χ4n) is 1.52. The number of nitrogens with one attached hydrogen (secondary N) is 2. The minimum absolute atomic E-state index is 0.0939. The van der Waals surface area contributed by atoms with E-state index in [1.165, 1.54) is 0 Å². The molecule has 1 amide bonds. The fraction of sp³-hybridized carbons (Fsp3) is 0.643. The van der Waals surface area contributed by atoms with Crippen molar-refractivity contribution < 1.29 is 4.79 Å². The van der Waals surface area contributed by atoms with Gasteiger partial charge in [0, 0.05) is 45.6 Å². The van der Waals surface area contributed by atoms with Crippen LogP contribution in [0, 0.1) is 0 Å². The predicted octanol–water partition coefficient (Wildman–Crippen LogP) is 1.71. The summed E-state index contributed by atoms with van der Waals surface area (Å²) in [5, 5.41) is 6.21. The van der Waals surface area contributed by atoms with Crippen molar-refractivity contribution in [2.45, 2.75) is 32.6 Å². The van der Waals surface area contributed by atoms with Crippen molar-refractivity contribution in [2.24, 2.45) is 0 Å². The van der Waals surface area contributed by atoms with E-state index < -0.39 is 0 Å². The second-order valence-electron chi connectivity index (χ2n) is 5.93. The number of aromatic nitrogens is 2. The largest absolute Gasteiger partial charge is 0.373 e. The molecule has 6 heteroatoms. The van der Waals surface area contributed by atoms with Gasteiger partial charge in [0.1, 0.15) is 17.5 Å². The first-order valence-electron chi connectivity index (χ1n) is 6.75. The smallest absolute Gasteiger partial charge is 0.223 e. The van der Waals surface area contributed by atoms with Crippen LogP contribution in [0.5, 0.6) is 0 Å². The summed E-state index contributed by atoms with van der Waals surface area (Å²) in [4.78, 5) is 22.1. The Balaban J connectivity index is 2.77. The van der Waals surface area contributed by atoms with E-state index in [2.05, 4.69) is 41.4 Å². The average Bonchev–Trinajstić information content (AvgIpc) is 2.37. The van der Waals surface area contributed by atoms with Gasteiger partial charge >= 0.3 is 0 Å². The number of carbonyl (C=O) groups is 1. The van der Waals surface area contributed by atoms with E-state index in [0.717, 1.165) is 17.5 Å². The molecule has 0 saturated carbocycles. The molecule has 0 aliphatic carbocycles. The summed E-state index contributed by atoms with van der Waals surface area (Å²) in [6.07, 6.45) is 0.441. The molecule has 1 aromatic heterocycles. The standard InChI is InChI=1S/C14H25N5O/c1-14(2,3)13-17-10(15-4)9-11(18-13)16-8-7-12(20)19(5)6/h9H,7-8H2,1-6H3,(H2,15,16,17,18). The van der Waals surface area contributed by atoms with Gasteiger partial charge in [-0.25, -0.2) is 9.97 Å². The van der Waals surface area contributed by atoms with Crippen molar-refractivity contribution in [1.82, 2.24) is 14.9 Å². The van der Waals surface area contributed by atoms with Crippen LogP contribution < -0.4 is 10.6 Å². The Morgan fingerprint density at radius 1 is 1.25 bits per heavy atom. The highest BCUT2D eigenvalue weighted by Crippen LogP contribution is 2.22. The molecule has 20 heavy (non-hydrogen) atoms. The molecule has 0 unspecified atom stereocenters. The summed E-state index contributed by atoms with van der Waals surface area (Å²) in [5.74, 6) is 2.37. The third kappa shape index (κ3) is 4.68. The van der Waals surface area contributed by atoms with Gasteiger partial charge in [0.05, 0.1) is 0 Å². The lowest BCUT2D eigenvalue weighted by molar-refractivity contribution is -0.128. The van der Waals surface area contributed by atoms with Gasteiger partial charge in [0.25, 0.3) is 0 Å². The fourth-order valence-corrected chi connectivity index (χ4v) is 1.52. The molecule has 0 aliphatic heterocycles. The van der Waals surface area contributed by atoms with Crippen LogP contribution in [0.3, 0.4) is 0 Å². The van der Waals surface area contributed by atoms with Crippen LogP contribution in [-0.4, -0.2) is 48.5 Å². The van der Waals surface area contributed by atoms with Gasteiger partial charge in [-0.2, -0.15) is 0 Å². The Labute approximate surface area is 121 Å². The molecule has 0 fully saturated rings. The molecular formula is C14H25N5O. The van der Waals surface area contributed by atoms with Gasteiger partial charge in [-0.15, -0.1) is 0 Å². The Hall–Kier alpha value is -1.85. The van der Waals surface area contributed by atoms with E-state index in [1.807, 2.05) is 13.1 Å². The predicted molar refractivity (Wildman–Crippen MR) is 82.1 cm³/mol. The van der Waals surface area contributed by atoms with E-state index in [4.69, 9.17) is 0 Å². The number of hydrogen-bond donors (Lipinski definition) is 2. The van der Waals surface area contributed by atoms with Crippen molar-refractivity contribution in [3.05, 3.63) is 11.9 Å². The van der Waals surface area contributed by atoms with Crippen molar-refractivity contribution in [3.8, 4) is 0 Å². The molecule has 0 atom stereocenters. The second-order valence-corrected chi connectivity index (χ2v) is 5.93. The average molecular weight is 279 g/mol. The minimum Gasteiger partial charge on any atom is -0.373 e. The van der Waals surface area contributed by atoms with Crippen LogP contribution in [0.15, 0.2) is 6.07 Å². The Morgan fingerprint density at radius 2 is 1.85 bits per heavy atom. The molecule has 1 aromatic rings. The lowest BCUT2D eigenvalue weighted by Crippen LogP contribution is -2.24. The quantitative estimate of drug-likeness (QED) is 0.858. The SMILES string of the molecule is CNc1cc(NCCC(=O)N(C)C)nc(C(C)(C)C)n1. The molecule has 0 radical (unpaired) electrons. The summed E-state index contributed by atoms with van der Waals surface area (Å²) < 4.78 is 0. The topological polar surface area (TPSA) is 70.2 Å². The first kappa shape index (κ1) is 16.2. The van der Waals surface area contributed by atoms with Gasteiger partial charge in [0.2, 0.25) is 5.91 Å². The number of rotatable bonds is 5. The van der Waals surface area contributed by atoms with Crippen LogP contribution >= 0.6 is 0 Å². The number of anilines is 2. The van der Waals surface area contributed by atoms with Crippen molar-refractivity contribution in [3.63, 3.8) is 0 Å². The van der Waals surface area contributed by atoms with Crippen molar-refractivity contribution in [2.75, 3.05) is 38.3 Å². The molecule has 0 bridgehead atoms. The number of carbonyl (C=O) groups excluding carboxylic acids is 1. The molecule has 2 N–H and O–H groups in total. The van der Waals surface area contributed by atoms with Crippen LogP contribution in [0.1, 0.15) is 33.0 Å². The van der Waals surface area contributed by atoms with E-state index >= 15 is 0 Å². The van der Waals surface area contributed by atoms with Crippen molar-refractivity contribution >= 4 is 17.5 Å². The summed E-state index contributed by atoms with van der Waals surface area (Å²) >= 11 is 0. The molecule has 0 aliphatic rings. The van der Waals surface area contributed by atoms with E-state index in [0.29, 0.717) is 13.0 Å². The molecule has 1 rings (SSSR count). The summed E-state index contributed by atoms with van der Waals surface area (Å²) in [6.45, 7) is 6.77. The zero-order valence-electron chi connectivity index (χ0n) is 13.2. The maximum Gasteiger partial charge on any atom is 0.223 e. The van der Waals surface area contributed by atoms with E-state index in [1.54, 1.807) is 19.0 Å². The van der Waals surface area contributed by atoms with Gasteiger partial charge in [-0.3, -0.25) is 4.79 Å². The summed E-state index contributed by atoms with van der Waals surface area (Å²) in [6, 6.07) is 1.84. The van der Waals surface area contributed by atoms with Gasteiger partial charge in [-0.1, -0.05) is 20.8 Å². The Morgan fingerprint density at radius 3 is 2.35 bits per heavy atom. The highest BCUT2D eigenvalue weighted by molar-refractivity contribution is 5.76.